The molecule has 2 nitrogen and oxygen atoms in total. The lowest BCUT2D eigenvalue weighted by molar-refractivity contribution is 0.388. The molecular weight excluding hydrogens is 246 g/mol. The third-order valence-electron chi connectivity index (χ3n) is 4.67. The van der Waals surface area contributed by atoms with Crippen molar-refractivity contribution in [3.05, 3.63) is 35.4 Å². The van der Waals surface area contributed by atoms with Crippen molar-refractivity contribution in [2.24, 2.45) is 0 Å². The predicted octanol–water partition coefficient (Wildman–Crippen LogP) is 4.79. The maximum absolute atomic E-state index is 6.21. The van der Waals surface area contributed by atoms with Crippen molar-refractivity contribution in [1.82, 2.24) is 0 Å². The average molecular weight is 269 g/mol. The molecule has 2 aromatic carbocycles. The Balaban J connectivity index is 2.14. The molecule has 1 aliphatic carbocycles. The van der Waals surface area contributed by atoms with Crippen LogP contribution in [0, 0.1) is 6.92 Å². The maximum atomic E-state index is 6.21. The highest BCUT2D eigenvalue weighted by Gasteiger charge is 2.20. The smallest absolute Gasteiger partial charge is 0.123 e. The van der Waals surface area contributed by atoms with E-state index in [1.165, 1.54) is 43.1 Å². The first-order chi connectivity index (χ1) is 9.70. The number of hydrogen-bond acceptors (Lipinski definition) is 2. The molecule has 0 amide bonds. The monoisotopic (exact) mass is 269 g/mol. The first kappa shape index (κ1) is 13.3. The summed E-state index contributed by atoms with van der Waals surface area (Å²) in [5, 5.41) is 2.34. The van der Waals surface area contributed by atoms with E-state index in [4.69, 9.17) is 10.5 Å². The van der Waals surface area contributed by atoms with Gasteiger partial charge in [-0.15, -0.1) is 0 Å². The first-order valence-corrected chi connectivity index (χ1v) is 7.57. The van der Waals surface area contributed by atoms with Gasteiger partial charge in [0.2, 0.25) is 0 Å². The van der Waals surface area contributed by atoms with E-state index in [2.05, 4.69) is 31.2 Å². The number of fused-ring (bicyclic) bond motifs is 1. The number of hydrogen-bond donors (Lipinski definition) is 1. The van der Waals surface area contributed by atoms with Gasteiger partial charge < -0.3 is 10.5 Å². The van der Waals surface area contributed by atoms with Gasteiger partial charge in [-0.3, -0.25) is 0 Å². The Kier molecular flexibility index (Phi) is 3.56. The van der Waals surface area contributed by atoms with Crippen molar-refractivity contribution in [3.63, 3.8) is 0 Å². The molecule has 2 aromatic rings. The molecule has 0 bridgehead atoms. The van der Waals surface area contributed by atoms with Crippen LogP contribution in [-0.4, -0.2) is 7.11 Å². The molecule has 0 spiro atoms. The summed E-state index contributed by atoms with van der Waals surface area (Å²) < 4.78 is 5.65. The molecule has 1 aliphatic rings. The largest absolute Gasteiger partial charge is 0.496 e. The fourth-order valence-electron chi connectivity index (χ4n) is 3.41. The summed E-state index contributed by atoms with van der Waals surface area (Å²) in [4.78, 5) is 0. The van der Waals surface area contributed by atoms with E-state index in [0.29, 0.717) is 5.92 Å². The molecule has 1 fully saturated rings. The third-order valence-corrected chi connectivity index (χ3v) is 4.67. The lowest BCUT2D eigenvalue weighted by Gasteiger charge is -2.24. The molecule has 0 aliphatic heterocycles. The summed E-state index contributed by atoms with van der Waals surface area (Å²) in [6.45, 7) is 2.05. The van der Waals surface area contributed by atoms with E-state index in [9.17, 15) is 0 Å². The molecule has 2 heteroatoms. The van der Waals surface area contributed by atoms with Crippen molar-refractivity contribution >= 4 is 16.5 Å². The summed E-state index contributed by atoms with van der Waals surface area (Å²) in [5.74, 6) is 1.65. The van der Waals surface area contributed by atoms with Gasteiger partial charge in [-0.1, -0.05) is 31.4 Å². The summed E-state index contributed by atoms with van der Waals surface area (Å²) in [6.07, 6.45) is 6.61. The standard InChI is InChI=1S/C18H23NO/c1-12-8-9-14-10-15(13-6-4-3-5-7-13)17(20-2)11-16(14)18(12)19/h8-11,13H,3-7,19H2,1-2H3. The molecule has 0 radical (unpaired) electrons. The van der Waals surface area contributed by atoms with Crippen molar-refractivity contribution in [1.29, 1.82) is 0 Å². The van der Waals surface area contributed by atoms with Gasteiger partial charge in [0.05, 0.1) is 7.11 Å². The lowest BCUT2D eigenvalue weighted by Crippen LogP contribution is -2.06. The second-order valence-corrected chi connectivity index (χ2v) is 5.95. The van der Waals surface area contributed by atoms with Gasteiger partial charge >= 0.3 is 0 Å². The Labute approximate surface area is 120 Å². The summed E-state index contributed by atoms with van der Waals surface area (Å²) in [6, 6.07) is 8.70. The zero-order valence-electron chi connectivity index (χ0n) is 12.4. The van der Waals surface area contributed by atoms with Crippen molar-refractivity contribution in [3.8, 4) is 5.75 Å². The Hall–Kier alpha value is -1.70. The van der Waals surface area contributed by atoms with Gasteiger partial charge in [-0.25, -0.2) is 0 Å². The normalized spacial score (nSPS) is 16.5. The number of rotatable bonds is 2. The van der Waals surface area contributed by atoms with E-state index in [-0.39, 0.29) is 0 Å². The second-order valence-electron chi connectivity index (χ2n) is 5.95. The van der Waals surface area contributed by atoms with Gasteiger partial charge in [-0.05, 0) is 54.3 Å². The van der Waals surface area contributed by atoms with Crippen molar-refractivity contribution < 1.29 is 4.74 Å². The molecule has 106 valence electrons. The SMILES string of the molecule is COc1cc2c(N)c(C)ccc2cc1C1CCCCC1. The molecule has 0 heterocycles. The van der Waals surface area contributed by atoms with E-state index in [0.717, 1.165) is 22.4 Å². The molecule has 20 heavy (non-hydrogen) atoms. The van der Waals surface area contributed by atoms with Crippen LogP contribution in [0.25, 0.3) is 10.8 Å². The van der Waals surface area contributed by atoms with Gasteiger partial charge in [0.1, 0.15) is 5.75 Å². The number of nitrogen functional groups attached to an aromatic ring is 1. The van der Waals surface area contributed by atoms with Gasteiger partial charge in [-0.2, -0.15) is 0 Å². The Morgan fingerprint density at radius 2 is 1.85 bits per heavy atom. The van der Waals surface area contributed by atoms with Gasteiger partial charge in [0.25, 0.3) is 0 Å². The molecule has 0 aromatic heterocycles. The highest BCUT2D eigenvalue weighted by molar-refractivity contribution is 5.96. The molecular formula is C18H23NO. The zero-order valence-corrected chi connectivity index (χ0v) is 12.4. The van der Waals surface area contributed by atoms with E-state index in [1.807, 2.05) is 0 Å². The van der Waals surface area contributed by atoms with Gasteiger partial charge in [0, 0.05) is 11.1 Å². The van der Waals surface area contributed by atoms with Crippen LogP contribution >= 0.6 is 0 Å². The molecule has 0 saturated heterocycles. The Morgan fingerprint density at radius 1 is 1.10 bits per heavy atom. The van der Waals surface area contributed by atoms with Crippen LogP contribution in [0.3, 0.4) is 0 Å². The van der Waals surface area contributed by atoms with Crippen LogP contribution in [0.15, 0.2) is 24.3 Å². The molecule has 1 saturated carbocycles. The van der Waals surface area contributed by atoms with E-state index >= 15 is 0 Å². The third kappa shape index (κ3) is 2.24. The second kappa shape index (κ2) is 5.35. The fraction of sp³-hybridized carbons (Fsp3) is 0.444. The first-order valence-electron chi connectivity index (χ1n) is 7.57. The van der Waals surface area contributed by atoms with Crippen molar-refractivity contribution in [2.45, 2.75) is 44.9 Å². The summed E-state index contributed by atoms with van der Waals surface area (Å²) >= 11 is 0. The number of aryl methyl sites for hydroxylation is 1. The minimum Gasteiger partial charge on any atom is -0.496 e. The predicted molar refractivity (Wildman–Crippen MR) is 85.5 cm³/mol. The molecule has 2 N–H and O–H groups in total. The number of benzene rings is 2. The Morgan fingerprint density at radius 3 is 2.55 bits per heavy atom. The number of ether oxygens (including phenoxy) is 1. The number of anilines is 1. The van der Waals surface area contributed by atoms with Crippen LogP contribution < -0.4 is 10.5 Å². The number of methoxy groups -OCH3 is 1. The minimum absolute atomic E-state index is 0.644. The van der Waals surface area contributed by atoms with E-state index in [1.54, 1.807) is 7.11 Å². The molecule has 0 atom stereocenters. The lowest BCUT2D eigenvalue weighted by atomic mass is 9.83. The summed E-state index contributed by atoms with van der Waals surface area (Å²) in [5.41, 5.74) is 9.58. The van der Waals surface area contributed by atoms with Crippen LogP contribution in [0.5, 0.6) is 5.75 Å². The van der Waals surface area contributed by atoms with Gasteiger partial charge in [0.15, 0.2) is 0 Å². The van der Waals surface area contributed by atoms with Crippen LogP contribution in [0.1, 0.15) is 49.1 Å². The zero-order chi connectivity index (χ0) is 14.1. The van der Waals surface area contributed by atoms with Crippen LogP contribution in [-0.2, 0) is 0 Å². The van der Waals surface area contributed by atoms with E-state index < -0.39 is 0 Å². The topological polar surface area (TPSA) is 35.2 Å². The molecule has 3 rings (SSSR count). The quantitative estimate of drug-likeness (QED) is 0.796. The minimum atomic E-state index is 0.644. The highest BCUT2D eigenvalue weighted by atomic mass is 16.5. The van der Waals surface area contributed by atoms with Crippen LogP contribution in [0.4, 0.5) is 5.69 Å². The fourth-order valence-corrected chi connectivity index (χ4v) is 3.41. The summed E-state index contributed by atoms with van der Waals surface area (Å²) in [7, 11) is 1.76. The molecule has 0 unspecified atom stereocenters. The Bertz CT molecular complexity index is 627. The maximum Gasteiger partial charge on any atom is 0.123 e. The van der Waals surface area contributed by atoms with Crippen LogP contribution in [0.2, 0.25) is 0 Å². The van der Waals surface area contributed by atoms with Crippen molar-refractivity contribution in [2.75, 3.05) is 12.8 Å². The highest BCUT2D eigenvalue weighted by Crippen LogP contribution is 2.40. The average Bonchev–Trinajstić information content (AvgIpc) is 2.51. The number of nitrogens with two attached hydrogens (primary N) is 1.